The van der Waals surface area contributed by atoms with Crippen LogP contribution in [0.25, 0.3) is 11.4 Å². The molecule has 0 atom stereocenters. The van der Waals surface area contributed by atoms with Crippen molar-refractivity contribution in [2.75, 3.05) is 10.6 Å². The van der Waals surface area contributed by atoms with Gasteiger partial charge in [-0.1, -0.05) is 24.6 Å². The highest BCUT2D eigenvalue weighted by Gasteiger charge is 2.17. The minimum absolute atomic E-state index is 0.187. The second kappa shape index (κ2) is 9.20. The van der Waals surface area contributed by atoms with E-state index in [0.29, 0.717) is 11.5 Å². The van der Waals surface area contributed by atoms with Gasteiger partial charge >= 0.3 is 0 Å². The average Bonchev–Trinajstić information content (AvgIpc) is 3.09. The number of hydrogen-bond donors (Lipinski definition) is 2. The Bertz CT molecular complexity index is 1280. The maximum atomic E-state index is 13.0. The van der Waals surface area contributed by atoms with Crippen molar-refractivity contribution in [3.8, 4) is 11.4 Å². The first-order valence-corrected chi connectivity index (χ1v) is 11.2. The fraction of sp³-hybridized carbons (Fsp3) is 0.240. The van der Waals surface area contributed by atoms with E-state index in [4.69, 9.17) is 0 Å². The van der Waals surface area contributed by atoms with Gasteiger partial charge in [0.2, 0.25) is 5.95 Å². The number of amides is 1. The molecular weight excluding hydrogens is 414 g/mol. The quantitative estimate of drug-likeness (QED) is 0.465. The van der Waals surface area contributed by atoms with E-state index in [2.05, 4.69) is 35.4 Å². The molecule has 3 heterocycles. The summed E-state index contributed by atoms with van der Waals surface area (Å²) in [6.07, 6.45) is 7.78. The predicted octanol–water partition coefficient (Wildman–Crippen LogP) is 4.77. The second-order valence-electron chi connectivity index (χ2n) is 8.16. The lowest BCUT2D eigenvalue weighted by molar-refractivity contribution is 0.102. The number of carbonyl (C=O) groups excluding carboxylic acids is 1. The van der Waals surface area contributed by atoms with Crippen LogP contribution >= 0.6 is 0 Å². The molecule has 2 N–H and O–H groups in total. The largest absolute Gasteiger partial charge is 0.324 e. The summed E-state index contributed by atoms with van der Waals surface area (Å²) in [4.78, 5) is 21.4. The van der Waals surface area contributed by atoms with E-state index in [1.807, 2.05) is 37.3 Å². The molecular formula is C25H25N7O. The van der Waals surface area contributed by atoms with Crippen LogP contribution in [-0.4, -0.2) is 30.6 Å². The standard InChI is InChI=1S/C25H25N7O/c1-17-10-11-18(23-31-30-22-9-3-2-4-14-32(22)23)16-21(17)29-24(33)19-7-5-8-20(15-19)28-25-26-12-6-13-27-25/h5-8,10-13,15-16H,2-4,9,14H2,1H3,(H,29,33)(H,26,27,28). The number of nitrogens with zero attached hydrogens (tertiary/aromatic N) is 5. The Labute approximate surface area is 192 Å². The van der Waals surface area contributed by atoms with Crippen LogP contribution < -0.4 is 10.6 Å². The molecule has 0 saturated carbocycles. The van der Waals surface area contributed by atoms with Crippen molar-refractivity contribution < 1.29 is 4.79 Å². The van der Waals surface area contributed by atoms with E-state index in [0.717, 1.165) is 60.0 Å². The maximum absolute atomic E-state index is 13.0. The number of nitrogens with one attached hydrogen (secondary N) is 2. The molecule has 0 saturated heterocycles. The molecule has 4 aromatic rings. The zero-order valence-electron chi connectivity index (χ0n) is 18.5. The van der Waals surface area contributed by atoms with Gasteiger partial charge in [-0.15, -0.1) is 10.2 Å². The highest BCUT2D eigenvalue weighted by molar-refractivity contribution is 6.05. The molecule has 1 aliphatic rings. The van der Waals surface area contributed by atoms with Gasteiger partial charge in [0, 0.05) is 47.9 Å². The Morgan fingerprint density at radius 1 is 0.970 bits per heavy atom. The molecule has 0 spiro atoms. The third-order valence-corrected chi connectivity index (χ3v) is 5.80. The number of aryl methyl sites for hydroxylation is 2. The minimum Gasteiger partial charge on any atom is -0.324 e. The minimum atomic E-state index is -0.187. The van der Waals surface area contributed by atoms with Crippen molar-refractivity contribution in [3.05, 3.63) is 77.9 Å². The topological polar surface area (TPSA) is 97.6 Å². The Kier molecular flexibility index (Phi) is 5.80. The Balaban J connectivity index is 1.37. The molecule has 8 heteroatoms. The molecule has 1 aliphatic heterocycles. The predicted molar refractivity (Wildman–Crippen MR) is 127 cm³/mol. The number of hydrogen-bond acceptors (Lipinski definition) is 6. The van der Waals surface area contributed by atoms with Crippen LogP contribution in [0.3, 0.4) is 0 Å². The average molecular weight is 440 g/mol. The molecule has 166 valence electrons. The summed E-state index contributed by atoms with van der Waals surface area (Å²) < 4.78 is 2.21. The van der Waals surface area contributed by atoms with Crippen molar-refractivity contribution >= 4 is 23.2 Å². The maximum Gasteiger partial charge on any atom is 0.255 e. The van der Waals surface area contributed by atoms with Crippen LogP contribution in [0, 0.1) is 6.92 Å². The summed E-state index contributed by atoms with van der Waals surface area (Å²) in [5, 5.41) is 15.0. The SMILES string of the molecule is Cc1ccc(-c2nnc3n2CCCCC3)cc1NC(=O)c1cccc(Nc2ncccn2)c1. The Morgan fingerprint density at radius 3 is 2.73 bits per heavy atom. The van der Waals surface area contributed by atoms with Crippen molar-refractivity contribution in [1.29, 1.82) is 0 Å². The first kappa shape index (κ1) is 20.8. The summed E-state index contributed by atoms with van der Waals surface area (Å²) in [6.45, 7) is 2.91. The van der Waals surface area contributed by atoms with Gasteiger partial charge in [-0.25, -0.2) is 9.97 Å². The highest BCUT2D eigenvalue weighted by atomic mass is 16.1. The fourth-order valence-electron chi connectivity index (χ4n) is 4.02. The van der Waals surface area contributed by atoms with E-state index >= 15 is 0 Å². The number of rotatable bonds is 5. The molecule has 0 fully saturated rings. The van der Waals surface area contributed by atoms with E-state index < -0.39 is 0 Å². The first-order chi connectivity index (χ1) is 16.2. The van der Waals surface area contributed by atoms with Gasteiger partial charge in [-0.2, -0.15) is 0 Å². The summed E-state index contributed by atoms with van der Waals surface area (Å²) >= 11 is 0. The molecule has 2 aromatic heterocycles. The lowest BCUT2D eigenvalue weighted by Crippen LogP contribution is -2.13. The number of carbonyl (C=O) groups is 1. The summed E-state index contributed by atoms with van der Waals surface area (Å²) in [5.41, 5.74) is 3.97. The molecule has 8 nitrogen and oxygen atoms in total. The third kappa shape index (κ3) is 4.59. The zero-order valence-corrected chi connectivity index (χ0v) is 18.5. The summed E-state index contributed by atoms with van der Waals surface area (Å²) in [5.74, 6) is 2.19. The zero-order chi connectivity index (χ0) is 22.6. The monoisotopic (exact) mass is 439 g/mol. The van der Waals surface area contributed by atoms with E-state index in [9.17, 15) is 4.79 Å². The van der Waals surface area contributed by atoms with Gasteiger partial charge in [-0.3, -0.25) is 4.79 Å². The highest BCUT2D eigenvalue weighted by Crippen LogP contribution is 2.27. The lowest BCUT2D eigenvalue weighted by atomic mass is 10.1. The molecule has 33 heavy (non-hydrogen) atoms. The smallest absolute Gasteiger partial charge is 0.255 e. The molecule has 2 aromatic carbocycles. The number of fused-ring (bicyclic) bond motifs is 1. The molecule has 0 bridgehead atoms. The normalized spacial score (nSPS) is 13.1. The number of aromatic nitrogens is 5. The molecule has 0 unspecified atom stereocenters. The third-order valence-electron chi connectivity index (χ3n) is 5.80. The summed E-state index contributed by atoms with van der Waals surface area (Å²) in [6, 6.07) is 15.0. The van der Waals surface area contributed by atoms with Crippen LogP contribution in [0.1, 0.15) is 41.0 Å². The molecule has 0 radical (unpaired) electrons. The van der Waals surface area contributed by atoms with E-state index in [-0.39, 0.29) is 5.91 Å². The fourth-order valence-corrected chi connectivity index (χ4v) is 4.02. The van der Waals surface area contributed by atoms with Crippen LogP contribution in [-0.2, 0) is 13.0 Å². The van der Waals surface area contributed by atoms with Gasteiger partial charge in [0.05, 0.1) is 0 Å². The van der Waals surface area contributed by atoms with Crippen LogP contribution in [0.15, 0.2) is 60.9 Å². The van der Waals surface area contributed by atoms with E-state index in [1.54, 1.807) is 30.6 Å². The van der Waals surface area contributed by atoms with Crippen molar-refractivity contribution in [2.45, 2.75) is 39.2 Å². The molecule has 5 rings (SSSR count). The number of anilines is 3. The lowest BCUT2D eigenvalue weighted by Gasteiger charge is -2.12. The number of benzene rings is 2. The Morgan fingerprint density at radius 2 is 1.85 bits per heavy atom. The van der Waals surface area contributed by atoms with E-state index in [1.165, 1.54) is 6.42 Å². The van der Waals surface area contributed by atoms with Crippen molar-refractivity contribution in [2.24, 2.45) is 0 Å². The summed E-state index contributed by atoms with van der Waals surface area (Å²) in [7, 11) is 0. The van der Waals surface area contributed by atoms with Gasteiger partial charge in [0.25, 0.3) is 5.91 Å². The van der Waals surface area contributed by atoms with Crippen molar-refractivity contribution in [3.63, 3.8) is 0 Å². The van der Waals surface area contributed by atoms with Gasteiger partial charge in [0.15, 0.2) is 5.82 Å². The van der Waals surface area contributed by atoms with Gasteiger partial charge in [-0.05, 0) is 55.7 Å². The molecule has 1 amide bonds. The van der Waals surface area contributed by atoms with Crippen LogP contribution in [0.2, 0.25) is 0 Å². The van der Waals surface area contributed by atoms with Gasteiger partial charge < -0.3 is 15.2 Å². The first-order valence-electron chi connectivity index (χ1n) is 11.2. The van der Waals surface area contributed by atoms with Crippen molar-refractivity contribution in [1.82, 2.24) is 24.7 Å². The Hall–Kier alpha value is -4.07. The van der Waals surface area contributed by atoms with Gasteiger partial charge in [0.1, 0.15) is 5.82 Å². The van der Waals surface area contributed by atoms with Crippen LogP contribution in [0.4, 0.5) is 17.3 Å². The van der Waals surface area contributed by atoms with Crippen LogP contribution in [0.5, 0.6) is 0 Å². The molecule has 0 aliphatic carbocycles. The second-order valence-corrected chi connectivity index (χ2v) is 8.16.